The van der Waals surface area contributed by atoms with Crippen molar-refractivity contribution in [2.45, 2.75) is 38.6 Å². The van der Waals surface area contributed by atoms with Crippen LogP contribution in [0.15, 0.2) is 6.20 Å². The minimum absolute atomic E-state index is 0.317. The van der Waals surface area contributed by atoms with E-state index in [1.807, 2.05) is 4.57 Å². The third kappa shape index (κ3) is 2.87. The average molecular weight is 275 g/mol. The molecule has 0 aromatic carbocycles. The second-order valence-electron chi connectivity index (χ2n) is 6.15. The largest absolute Gasteiger partial charge is 0.363 e. The lowest BCUT2D eigenvalue weighted by Gasteiger charge is -2.41. The summed E-state index contributed by atoms with van der Waals surface area (Å²) < 4.78 is 1.81. The topological polar surface area (TPSA) is 64.2 Å². The standard InChI is InChI=1S/C15H23N4O/c16-14(20)15-17-6-8-19(15)10-9-18-7-5-12-3-1-2-4-13(12)11-18/h8,12-13H,1-5,7,9-11H2,(H2,16,20)/t12-,13+/m0/s1. The van der Waals surface area contributed by atoms with Crippen molar-refractivity contribution in [2.75, 3.05) is 19.6 Å². The molecule has 2 heterocycles. The third-order valence-corrected chi connectivity index (χ3v) is 4.91. The third-order valence-electron chi connectivity index (χ3n) is 4.91. The van der Waals surface area contributed by atoms with Crippen LogP contribution in [0.4, 0.5) is 0 Å². The number of amides is 1. The maximum atomic E-state index is 11.2. The summed E-state index contributed by atoms with van der Waals surface area (Å²) in [6.07, 6.45) is 11.4. The van der Waals surface area contributed by atoms with Gasteiger partial charge >= 0.3 is 0 Å². The van der Waals surface area contributed by atoms with E-state index in [4.69, 9.17) is 5.73 Å². The number of piperidine rings is 1. The Balaban J connectivity index is 1.54. The summed E-state index contributed by atoms with van der Waals surface area (Å²) in [6.45, 7) is 4.14. The first kappa shape index (κ1) is 13.6. The number of hydrogen-bond donors (Lipinski definition) is 1. The molecular formula is C15H23N4O. The van der Waals surface area contributed by atoms with Gasteiger partial charge in [-0.05, 0) is 31.2 Å². The van der Waals surface area contributed by atoms with Crippen LogP contribution in [0.2, 0.25) is 0 Å². The molecule has 1 aromatic heterocycles. The SMILES string of the molecule is NC(=O)c1n[c]cn1CCN1CC[C@@H]2CCCC[C@@H]2C1. The van der Waals surface area contributed by atoms with E-state index < -0.39 is 5.91 Å². The second kappa shape index (κ2) is 5.95. The maximum Gasteiger partial charge on any atom is 0.284 e. The zero-order valence-electron chi connectivity index (χ0n) is 11.9. The van der Waals surface area contributed by atoms with Crippen LogP contribution in [0.3, 0.4) is 0 Å². The Morgan fingerprint density at radius 1 is 1.30 bits per heavy atom. The molecule has 1 aromatic rings. The molecule has 1 amide bonds. The lowest BCUT2D eigenvalue weighted by atomic mass is 9.75. The summed E-state index contributed by atoms with van der Waals surface area (Å²) >= 11 is 0. The zero-order valence-corrected chi connectivity index (χ0v) is 11.9. The van der Waals surface area contributed by atoms with Gasteiger partial charge in [0, 0.05) is 25.8 Å². The monoisotopic (exact) mass is 275 g/mol. The summed E-state index contributed by atoms with van der Waals surface area (Å²) in [7, 11) is 0. The molecule has 2 atom stereocenters. The molecule has 0 bridgehead atoms. The van der Waals surface area contributed by atoms with Gasteiger partial charge in [0.05, 0.1) is 0 Å². The molecule has 3 rings (SSSR count). The molecule has 1 saturated heterocycles. The first-order valence-corrected chi connectivity index (χ1v) is 7.69. The smallest absolute Gasteiger partial charge is 0.284 e. The summed E-state index contributed by atoms with van der Waals surface area (Å²) in [5, 5.41) is 0. The lowest BCUT2D eigenvalue weighted by molar-refractivity contribution is 0.0838. The molecule has 1 aliphatic heterocycles. The number of imidazole rings is 1. The van der Waals surface area contributed by atoms with E-state index in [0.717, 1.165) is 24.9 Å². The Hall–Kier alpha value is -1.36. The minimum atomic E-state index is -0.475. The van der Waals surface area contributed by atoms with Crippen molar-refractivity contribution >= 4 is 5.91 Å². The molecule has 2 fully saturated rings. The highest BCUT2D eigenvalue weighted by Gasteiger charge is 2.30. The van der Waals surface area contributed by atoms with Gasteiger partial charge < -0.3 is 15.2 Å². The molecule has 20 heavy (non-hydrogen) atoms. The van der Waals surface area contributed by atoms with E-state index in [1.165, 1.54) is 45.2 Å². The van der Waals surface area contributed by atoms with Crippen LogP contribution in [0.1, 0.15) is 42.7 Å². The van der Waals surface area contributed by atoms with Crippen LogP contribution >= 0.6 is 0 Å². The number of fused-ring (bicyclic) bond motifs is 1. The van der Waals surface area contributed by atoms with Crippen molar-refractivity contribution in [3.63, 3.8) is 0 Å². The Kier molecular flexibility index (Phi) is 4.05. The summed E-state index contributed by atoms with van der Waals surface area (Å²) in [5.41, 5.74) is 5.30. The molecule has 0 unspecified atom stereocenters. The zero-order chi connectivity index (χ0) is 13.9. The highest BCUT2D eigenvalue weighted by Crippen LogP contribution is 2.35. The van der Waals surface area contributed by atoms with Crippen LogP contribution < -0.4 is 5.73 Å². The van der Waals surface area contributed by atoms with Crippen molar-refractivity contribution in [3.05, 3.63) is 18.2 Å². The van der Waals surface area contributed by atoms with E-state index in [1.54, 1.807) is 6.20 Å². The number of nitrogens with two attached hydrogens (primary N) is 1. The van der Waals surface area contributed by atoms with Gasteiger partial charge in [-0.25, -0.2) is 4.98 Å². The minimum Gasteiger partial charge on any atom is -0.363 e. The number of nitrogens with zero attached hydrogens (tertiary/aromatic N) is 3. The quantitative estimate of drug-likeness (QED) is 0.900. The number of carbonyl (C=O) groups excluding carboxylic acids is 1. The molecule has 5 heteroatoms. The van der Waals surface area contributed by atoms with Gasteiger partial charge in [-0.3, -0.25) is 4.79 Å². The Morgan fingerprint density at radius 2 is 2.10 bits per heavy atom. The van der Waals surface area contributed by atoms with Crippen LogP contribution in [-0.4, -0.2) is 40.0 Å². The predicted octanol–water partition coefficient (Wildman–Crippen LogP) is 1.29. The van der Waals surface area contributed by atoms with Gasteiger partial charge in [0.25, 0.3) is 5.91 Å². The molecule has 1 saturated carbocycles. The number of rotatable bonds is 4. The lowest BCUT2D eigenvalue weighted by Crippen LogP contribution is -2.43. The van der Waals surface area contributed by atoms with Crippen molar-refractivity contribution in [1.82, 2.24) is 14.5 Å². The maximum absolute atomic E-state index is 11.2. The van der Waals surface area contributed by atoms with Gasteiger partial charge in [-0.1, -0.05) is 19.3 Å². The van der Waals surface area contributed by atoms with Crippen molar-refractivity contribution in [1.29, 1.82) is 0 Å². The Labute approximate surface area is 120 Å². The second-order valence-corrected chi connectivity index (χ2v) is 6.15. The molecule has 5 nitrogen and oxygen atoms in total. The highest BCUT2D eigenvalue weighted by atomic mass is 16.1. The van der Waals surface area contributed by atoms with Gasteiger partial charge in [0.1, 0.15) is 6.20 Å². The number of carbonyl (C=O) groups is 1. The van der Waals surface area contributed by atoms with Gasteiger partial charge in [0.15, 0.2) is 5.82 Å². The average Bonchev–Trinajstić information content (AvgIpc) is 2.93. The van der Waals surface area contributed by atoms with E-state index in [-0.39, 0.29) is 0 Å². The highest BCUT2D eigenvalue weighted by molar-refractivity contribution is 5.89. The predicted molar refractivity (Wildman–Crippen MR) is 76.1 cm³/mol. The van der Waals surface area contributed by atoms with Gasteiger partial charge in [-0.15, -0.1) is 0 Å². The number of hydrogen-bond acceptors (Lipinski definition) is 3. The summed E-state index contributed by atoms with van der Waals surface area (Å²) in [4.78, 5) is 17.6. The molecule has 1 radical (unpaired) electrons. The fraction of sp³-hybridized carbons (Fsp3) is 0.733. The van der Waals surface area contributed by atoms with Crippen molar-refractivity contribution in [2.24, 2.45) is 17.6 Å². The van der Waals surface area contributed by atoms with E-state index in [9.17, 15) is 4.79 Å². The van der Waals surface area contributed by atoms with Crippen LogP contribution in [0, 0.1) is 18.0 Å². The molecule has 109 valence electrons. The molecule has 0 spiro atoms. The van der Waals surface area contributed by atoms with Crippen LogP contribution in [0.5, 0.6) is 0 Å². The fourth-order valence-electron chi connectivity index (χ4n) is 3.78. The number of aromatic nitrogens is 2. The molecule has 2 aliphatic rings. The molecule has 2 N–H and O–H groups in total. The van der Waals surface area contributed by atoms with Gasteiger partial charge in [0.2, 0.25) is 0 Å². The van der Waals surface area contributed by atoms with Crippen molar-refractivity contribution < 1.29 is 4.79 Å². The Bertz CT molecular complexity index is 470. The Morgan fingerprint density at radius 3 is 2.90 bits per heavy atom. The van der Waals surface area contributed by atoms with Crippen LogP contribution in [0.25, 0.3) is 0 Å². The van der Waals surface area contributed by atoms with Crippen molar-refractivity contribution in [3.8, 4) is 0 Å². The fourth-order valence-corrected chi connectivity index (χ4v) is 3.78. The summed E-state index contributed by atoms with van der Waals surface area (Å²) in [5.74, 6) is 1.69. The van der Waals surface area contributed by atoms with Crippen LogP contribution in [-0.2, 0) is 6.54 Å². The summed E-state index contributed by atoms with van der Waals surface area (Å²) in [6, 6.07) is 0. The molecule has 1 aliphatic carbocycles. The van der Waals surface area contributed by atoms with Gasteiger partial charge in [-0.2, -0.15) is 0 Å². The van der Waals surface area contributed by atoms with E-state index in [2.05, 4.69) is 16.1 Å². The normalized spacial score (nSPS) is 27.2. The molecular weight excluding hydrogens is 252 g/mol. The van der Waals surface area contributed by atoms with E-state index >= 15 is 0 Å². The first-order valence-electron chi connectivity index (χ1n) is 7.69. The number of likely N-dealkylation sites (tertiary alicyclic amines) is 1. The number of primary amides is 1. The van der Waals surface area contributed by atoms with E-state index in [0.29, 0.717) is 5.82 Å². The first-order chi connectivity index (χ1) is 9.74.